The van der Waals surface area contributed by atoms with Crippen molar-refractivity contribution >= 4 is 22.5 Å². The third-order valence-electron chi connectivity index (χ3n) is 2.66. The number of hydrogen-bond donors (Lipinski definition) is 1. The number of rotatable bonds is 2. The largest absolute Gasteiger partial charge is 0.456 e. The van der Waals surface area contributed by atoms with Gasteiger partial charge in [0.25, 0.3) is 0 Å². The molecule has 1 aromatic rings. The predicted molar refractivity (Wildman–Crippen MR) is 69.9 cm³/mol. The van der Waals surface area contributed by atoms with E-state index in [1.54, 1.807) is 0 Å². The maximum Gasteiger partial charge on any atom is 0.343 e. The van der Waals surface area contributed by atoms with Gasteiger partial charge in [-0.2, -0.15) is 4.37 Å². The molecule has 1 saturated heterocycles. The number of ether oxygens (including phenoxy) is 2. The van der Waals surface area contributed by atoms with E-state index in [-0.39, 0.29) is 5.92 Å². The van der Waals surface area contributed by atoms with Crippen molar-refractivity contribution in [3.63, 3.8) is 0 Å². The van der Waals surface area contributed by atoms with Gasteiger partial charge in [-0.1, -0.05) is 0 Å². The lowest BCUT2D eigenvalue weighted by Gasteiger charge is -2.20. The number of carbonyl (C=O) groups excluding carboxylic acids is 1. The van der Waals surface area contributed by atoms with E-state index < -0.39 is 11.6 Å². The summed E-state index contributed by atoms with van der Waals surface area (Å²) in [4.78, 5) is 12.1. The lowest BCUT2D eigenvalue weighted by atomic mass is 10.0. The second kappa shape index (κ2) is 4.85. The van der Waals surface area contributed by atoms with Crippen LogP contribution in [0.3, 0.4) is 0 Å². The Bertz CT molecular complexity index is 445. The molecule has 1 aliphatic rings. The van der Waals surface area contributed by atoms with Crippen LogP contribution in [0.15, 0.2) is 0 Å². The number of anilines is 1. The van der Waals surface area contributed by atoms with Crippen molar-refractivity contribution in [2.24, 2.45) is 0 Å². The minimum atomic E-state index is -0.533. The number of esters is 1. The van der Waals surface area contributed by atoms with Gasteiger partial charge in [0.2, 0.25) is 0 Å². The minimum Gasteiger partial charge on any atom is -0.456 e. The monoisotopic (exact) mass is 270 g/mol. The normalized spacial score (nSPS) is 20.1. The molecule has 0 aliphatic carbocycles. The quantitative estimate of drug-likeness (QED) is 0.834. The van der Waals surface area contributed by atoms with Crippen molar-refractivity contribution in [2.45, 2.75) is 38.7 Å². The van der Waals surface area contributed by atoms with Crippen molar-refractivity contribution < 1.29 is 14.3 Å². The van der Waals surface area contributed by atoms with E-state index in [2.05, 4.69) is 4.37 Å². The first kappa shape index (κ1) is 13.3. The molecule has 0 aromatic carbocycles. The summed E-state index contributed by atoms with van der Waals surface area (Å²) in [6.45, 7) is 6.80. The molecule has 1 unspecified atom stereocenters. The zero-order valence-corrected chi connectivity index (χ0v) is 11.7. The SMILES string of the molecule is CC(C)(C)OC(=O)c1c(C2CCOC2)nsc1N. The Morgan fingerprint density at radius 3 is 2.83 bits per heavy atom. The molecular weight excluding hydrogens is 252 g/mol. The second-order valence-electron chi connectivity index (χ2n) is 5.37. The van der Waals surface area contributed by atoms with Crippen LogP contribution in [0.4, 0.5) is 5.00 Å². The average Bonchev–Trinajstić information content (AvgIpc) is 2.82. The first-order valence-corrected chi connectivity index (χ1v) is 6.72. The molecule has 0 bridgehead atoms. The lowest BCUT2D eigenvalue weighted by molar-refractivity contribution is 0.00693. The number of aromatic nitrogens is 1. The van der Waals surface area contributed by atoms with Crippen LogP contribution >= 0.6 is 11.5 Å². The summed E-state index contributed by atoms with van der Waals surface area (Å²) in [7, 11) is 0. The Hall–Kier alpha value is -1.14. The smallest absolute Gasteiger partial charge is 0.343 e. The first-order chi connectivity index (χ1) is 8.38. The third kappa shape index (κ3) is 2.81. The molecule has 6 heteroatoms. The lowest BCUT2D eigenvalue weighted by Crippen LogP contribution is -2.25. The van der Waals surface area contributed by atoms with Crippen LogP contribution < -0.4 is 5.73 Å². The van der Waals surface area contributed by atoms with Gasteiger partial charge in [-0.3, -0.25) is 0 Å². The standard InChI is InChI=1S/C12H18N2O3S/c1-12(2,3)17-11(15)8-9(14-18-10(8)13)7-4-5-16-6-7/h7H,4-6,13H2,1-3H3. The van der Waals surface area contributed by atoms with Gasteiger partial charge in [0.15, 0.2) is 0 Å². The highest BCUT2D eigenvalue weighted by Crippen LogP contribution is 2.33. The molecule has 2 N–H and O–H groups in total. The van der Waals surface area contributed by atoms with Gasteiger partial charge in [-0.25, -0.2) is 4.79 Å². The highest BCUT2D eigenvalue weighted by atomic mass is 32.1. The minimum absolute atomic E-state index is 0.154. The van der Waals surface area contributed by atoms with Crippen molar-refractivity contribution in [1.29, 1.82) is 0 Å². The molecule has 2 rings (SSSR count). The molecule has 2 heterocycles. The Labute approximate surface area is 110 Å². The first-order valence-electron chi connectivity index (χ1n) is 5.94. The zero-order chi connectivity index (χ0) is 13.3. The van der Waals surface area contributed by atoms with Crippen LogP contribution in [0, 0.1) is 0 Å². The number of hydrogen-bond acceptors (Lipinski definition) is 6. The van der Waals surface area contributed by atoms with Crippen molar-refractivity contribution in [3.05, 3.63) is 11.3 Å². The predicted octanol–water partition coefficient (Wildman–Crippen LogP) is 2.18. The van der Waals surface area contributed by atoms with Gasteiger partial charge in [0.1, 0.15) is 16.2 Å². The van der Waals surface area contributed by atoms with Crippen molar-refractivity contribution in [2.75, 3.05) is 18.9 Å². The summed E-state index contributed by atoms with van der Waals surface area (Å²) in [6, 6.07) is 0. The van der Waals surface area contributed by atoms with Crippen LogP contribution in [0.25, 0.3) is 0 Å². The maximum atomic E-state index is 12.1. The summed E-state index contributed by atoms with van der Waals surface area (Å²) >= 11 is 1.14. The number of nitrogens with two attached hydrogens (primary N) is 1. The molecule has 18 heavy (non-hydrogen) atoms. The highest BCUT2D eigenvalue weighted by molar-refractivity contribution is 7.10. The molecule has 0 radical (unpaired) electrons. The third-order valence-corrected chi connectivity index (χ3v) is 3.35. The van der Waals surface area contributed by atoms with Gasteiger partial charge < -0.3 is 15.2 Å². The van der Waals surface area contributed by atoms with E-state index in [9.17, 15) is 4.79 Å². The molecule has 1 aliphatic heterocycles. The maximum absolute atomic E-state index is 12.1. The molecule has 100 valence electrons. The van der Waals surface area contributed by atoms with Crippen LogP contribution in [-0.2, 0) is 9.47 Å². The summed E-state index contributed by atoms with van der Waals surface area (Å²) in [5, 5.41) is 0.422. The molecule has 0 spiro atoms. The Morgan fingerprint density at radius 1 is 1.56 bits per heavy atom. The molecule has 1 fully saturated rings. The Kier molecular flexibility index (Phi) is 3.59. The molecule has 1 aromatic heterocycles. The average molecular weight is 270 g/mol. The molecule has 0 saturated carbocycles. The molecule has 5 nitrogen and oxygen atoms in total. The summed E-state index contributed by atoms with van der Waals surface area (Å²) < 4.78 is 15.0. The van der Waals surface area contributed by atoms with Crippen LogP contribution in [0.5, 0.6) is 0 Å². The van der Waals surface area contributed by atoms with E-state index in [0.29, 0.717) is 23.8 Å². The summed E-state index contributed by atoms with van der Waals surface area (Å²) in [5.41, 5.74) is 6.46. The number of carbonyl (C=O) groups is 1. The van der Waals surface area contributed by atoms with Crippen LogP contribution in [-0.4, -0.2) is 29.2 Å². The van der Waals surface area contributed by atoms with E-state index in [1.165, 1.54) is 0 Å². The fraction of sp³-hybridized carbons (Fsp3) is 0.667. The fourth-order valence-electron chi connectivity index (χ4n) is 1.88. The zero-order valence-electron chi connectivity index (χ0n) is 10.9. The van der Waals surface area contributed by atoms with Gasteiger partial charge in [0, 0.05) is 12.5 Å². The summed E-state index contributed by atoms with van der Waals surface area (Å²) in [5.74, 6) is -0.239. The Balaban J connectivity index is 2.26. The highest BCUT2D eigenvalue weighted by Gasteiger charge is 2.30. The van der Waals surface area contributed by atoms with Crippen molar-refractivity contribution in [3.8, 4) is 0 Å². The van der Waals surface area contributed by atoms with Gasteiger partial charge in [-0.05, 0) is 38.7 Å². The van der Waals surface area contributed by atoms with Crippen LogP contribution in [0.1, 0.15) is 49.2 Å². The second-order valence-corrected chi connectivity index (χ2v) is 6.17. The van der Waals surface area contributed by atoms with Gasteiger partial charge in [0.05, 0.1) is 12.3 Å². The van der Waals surface area contributed by atoms with Gasteiger partial charge >= 0.3 is 5.97 Å². The van der Waals surface area contributed by atoms with Crippen LogP contribution in [0.2, 0.25) is 0 Å². The van der Waals surface area contributed by atoms with Crippen molar-refractivity contribution in [1.82, 2.24) is 4.37 Å². The van der Waals surface area contributed by atoms with Gasteiger partial charge in [-0.15, -0.1) is 0 Å². The van der Waals surface area contributed by atoms with E-state index in [1.807, 2.05) is 20.8 Å². The topological polar surface area (TPSA) is 74.4 Å². The summed E-state index contributed by atoms with van der Waals surface area (Å²) in [6.07, 6.45) is 0.874. The fourth-order valence-corrected chi connectivity index (χ4v) is 2.60. The van der Waals surface area contributed by atoms with E-state index in [0.717, 1.165) is 23.6 Å². The van der Waals surface area contributed by atoms with E-state index in [4.69, 9.17) is 15.2 Å². The molecule has 1 atom stereocenters. The Morgan fingerprint density at radius 2 is 2.28 bits per heavy atom. The molecule has 0 amide bonds. The number of nitrogen functional groups attached to an aromatic ring is 1. The molecular formula is C12H18N2O3S. The number of nitrogens with zero attached hydrogens (tertiary/aromatic N) is 1. The van der Waals surface area contributed by atoms with E-state index >= 15 is 0 Å².